The molecule has 1 unspecified atom stereocenters. The van der Waals surface area contributed by atoms with Gasteiger partial charge >= 0.3 is 0 Å². The van der Waals surface area contributed by atoms with Gasteiger partial charge in [0.1, 0.15) is 5.75 Å². The van der Waals surface area contributed by atoms with Crippen molar-refractivity contribution in [3.63, 3.8) is 0 Å². The zero-order valence-corrected chi connectivity index (χ0v) is 17.9. The summed E-state index contributed by atoms with van der Waals surface area (Å²) in [5, 5.41) is 3.03. The molecule has 2 aromatic rings. The topological polar surface area (TPSA) is 102 Å². The van der Waals surface area contributed by atoms with Crippen LogP contribution in [0.3, 0.4) is 0 Å². The fourth-order valence-electron chi connectivity index (χ4n) is 3.21. The summed E-state index contributed by atoms with van der Waals surface area (Å²) in [6, 6.07) is 13.2. The molecule has 2 aromatic carbocycles. The van der Waals surface area contributed by atoms with E-state index in [1.807, 2.05) is 24.3 Å². The monoisotopic (exact) mass is 430 g/mol. The minimum Gasteiger partial charge on any atom is -0.497 e. The van der Waals surface area contributed by atoms with Crippen LogP contribution in [0.4, 0.5) is 0 Å². The molecule has 0 saturated heterocycles. The van der Waals surface area contributed by atoms with Crippen LogP contribution in [0.25, 0.3) is 0 Å². The molecule has 8 heteroatoms. The smallest absolute Gasteiger partial charge is 0.240 e. The molecule has 0 spiro atoms. The normalized spacial score (nSPS) is 14.7. The van der Waals surface area contributed by atoms with Gasteiger partial charge in [-0.2, -0.15) is 0 Å². The number of benzene rings is 2. The predicted octanol–water partition coefficient (Wildman–Crippen LogP) is 2.83. The minimum absolute atomic E-state index is 0.0113. The number of Topliss-reactive ketones (excluding diaryl/α,β-unsaturated/α-hetero) is 1. The molecule has 1 aliphatic rings. The third kappa shape index (κ3) is 5.67. The highest BCUT2D eigenvalue weighted by Gasteiger charge is 2.33. The Balaban J connectivity index is 1.54. The van der Waals surface area contributed by atoms with E-state index in [0.717, 1.165) is 24.2 Å². The Kier molecular flexibility index (Phi) is 6.89. The molecular weight excluding hydrogens is 404 g/mol. The minimum atomic E-state index is -3.75. The number of carbonyl (C=O) groups excluding carboxylic acids is 2. The third-order valence-electron chi connectivity index (χ3n) is 5.10. The molecule has 3 rings (SSSR count). The lowest BCUT2D eigenvalue weighted by molar-refractivity contribution is -0.121. The van der Waals surface area contributed by atoms with Crippen molar-refractivity contribution in [1.82, 2.24) is 10.0 Å². The van der Waals surface area contributed by atoms with Crippen LogP contribution in [0.15, 0.2) is 53.4 Å². The molecule has 0 aliphatic heterocycles. The Bertz CT molecular complexity index is 997. The SMILES string of the molecule is COc1ccc(C(NC(=O)CCNS(=O)(=O)c2ccc(C(C)=O)cc2)C2CC2)cc1. The molecule has 1 fully saturated rings. The standard InChI is InChI=1S/C22H26N2O5S/c1-15(25)16-7-11-20(12-8-16)30(27,28)23-14-13-21(26)24-22(17-3-4-17)18-5-9-19(29-2)10-6-18/h5-12,17,22-23H,3-4,13-14H2,1-2H3,(H,24,26). The quantitative estimate of drug-likeness (QED) is 0.565. The zero-order valence-electron chi connectivity index (χ0n) is 17.1. The van der Waals surface area contributed by atoms with E-state index in [1.165, 1.54) is 31.2 Å². The molecule has 1 amide bonds. The van der Waals surface area contributed by atoms with Crippen LogP contribution in [0.5, 0.6) is 5.75 Å². The van der Waals surface area contributed by atoms with E-state index in [4.69, 9.17) is 4.74 Å². The summed E-state index contributed by atoms with van der Waals surface area (Å²) < 4.78 is 32.4. The Labute approximate surface area is 176 Å². The number of ether oxygens (including phenoxy) is 1. The number of carbonyl (C=O) groups is 2. The van der Waals surface area contributed by atoms with Gasteiger partial charge in [-0.25, -0.2) is 13.1 Å². The highest BCUT2D eigenvalue weighted by atomic mass is 32.2. The van der Waals surface area contributed by atoms with Gasteiger partial charge in [0, 0.05) is 18.5 Å². The maximum absolute atomic E-state index is 12.4. The van der Waals surface area contributed by atoms with E-state index in [0.29, 0.717) is 11.5 Å². The first-order valence-corrected chi connectivity index (χ1v) is 11.3. The van der Waals surface area contributed by atoms with E-state index in [-0.39, 0.29) is 35.6 Å². The molecule has 0 bridgehead atoms. The van der Waals surface area contributed by atoms with Gasteiger partial charge < -0.3 is 10.1 Å². The number of hydrogen-bond donors (Lipinski definition) is 2. The van der Waals surface area contributed by atoms with Crippen LogP contribution >= 0.6 is 0 Å². The van der Waals surface area contributed by atoms with Gasteiger partial charge in [-0.1, -0.05) is 24.3 Å². The van der Waals surface area contributed by atoms with Crippen LogP contribution < -0.4 is 14.8 Å². The van der Waals surface area contributed by atoms with Gasteiger partial charge in [0.25, 0.3) is 0 Å². The first-order valence-electron chi connectivity index (χ1n) is 9.84. The van der Waals surface area contributed by atoms with E-state index in [2.05, 4.69) is 10.0 Å². The van der Waals surface area contributed by atoms with Gasteiger partial charge in [0.2, 0.25) is 15.9 Å². The summed E-state index contributed by atoms with van der Waals surface area (Å²) in [5.41, 5.74) is 1.45. The van der Waals surface area contributed by atoms with Crippen molar-refractivity contribution < 1.29 is 22.7 Å². The largest absolute Gasteiger partial charge is 0.497 e. The second-order valence-electron chi connectivity index (χ2n) is 7.38. The highest BCUT2D eigenvalue weighted by Crippen LogP contribution is 2.41. The Morgan fingerprint density at radius 3 is 2.23 bits per heavy atom. The second-order valence-corrected chi connectivity index (χ2v) is 9.15. The predicted molar refractivity (Wildman–Crippen MR) is 113 cm³/mol. The number of methoxy groups -OCH3 is 1. The lowest BCUT2D eigenvalue weighted by Gasteiger charge is -2.19. The average Bonchev–Trinajstić information content (AvgIpc) is 3.57. The number of ketones is 1. The molecule has 1 atom stereocenters. The van der Waals surface area contributed by atoms with E-state index in [9.17, 15) is 18.0 Å². The first kappa shape index (κ1) is 22.0. The van der Waals surface area contributed by atoms with Gasteiger partial charge in [-0.05, 0) is 55.5 Å². The third-order valence-corrected chi connectivity index (χ3v) is 6.58. The molecular formula is C22H26N2O5S. The molecule has 160 valence electrons. The maximum Gasteiger partial charge on any atom is 0.240 e. The van der Waals surface area contributed by atoms with Crippen molar-refractivity contribution in [2.24, 2.45) is 5.92 Å². The highest BCUT2D eigenvalue weighted by molar-refractivity contribution is 7.89. The maximum atomic E-state index is 12.4. The van der Waals surface area contributed by atoms with Crippen LogP contribution in [0.2, 0.25) is 0 Å². The average molecular weight is 431 g/mol. The van der Waals surface area contributed by atoms with Crippen molar-refractivity contribution in [1.29, 1.82) is 0 Å². The molecule has 7 nitrogen and oxygen atoms in total. The molecule has 1 saturated carbocycles. The number of hydrogen-bond acceptors (Lipinski definition) is 5. The van der Waals surface area contributed by atoms with Crippen LogP contribution in [-0.4, -0.2) is 33.8 Å². The summed E-state index contributed by atoms with van der Waals surface area (Å²) in [7, 11) is -2.14. The van der Waals surface area contributed by atoms with Crippen LogP contribution in [-0.2, 0) is 14.8 Å². The second kappa shape index (κ2) is 9.40. The van der Waals surface area contributed by atoms with Crippen LogP contribution in [0, 0.1) is 5.92 Å². The summed E-state index contributed by atoms with van der Waals surface area (Å²) in [4.78, 5) is 23.8. The van der Waals surface area contributed by atoms with Crippen molar-refractivity contribution >= 4 is 21.7 Å². The van der Waals surface area contributed by atoms with Crippen molar-refractivity contribution in [3.05, 3.63) is 59.7 Å². The van der Waals surface area contributed by atoms with Gasteiger partial charge in [0.15, 0.2) is 5.78 Å². The van der Waals surface area contributed by atoms with E-state index >= 15 is 0 Å². The Hall–Kier alpha value is -2.71. The summed E-state index contributed by atoms with van der Waals surface area (Å²) in [6.07, 6.45) is 2.14. The van der Waals surface area contributed by atoms with Crippen molar-refractivity contribution in [3.8, 4) is 5.75 Å². The van der Waals surface area contributed by atoms with Crippen LogP contribution in [0.1, 0.15) is 48.1 Å². The summed E-state index contributed by atoms with van der Waals surface area (Å²) in [6.45, 7) is 1.41. The van der Waals surface area contributed by atoms with Gasteiger partial charge in [0.05, 0.1) is 18.0 Å². The van der Waals surface area contributed by atoms with E-state index < -0.39 is 10.0 Å². The lowest BCUT2D eigenvalue weighted by atomic mass is 10.0. The number of sulfonamides is 1. The van der Waals surface area contributed by atoms with Gasteiger partial charge in [-0.15, -0.1) is 0 Å². The molecule has 0 radical (unpaired) electrons. The number of nitrogens with one attached hydrogen (secondary N) is 2. The van der Waals surface area contributed by atoms with Crippen molar-refractivity contribution in [2.45, 2.75) is 37.1 Å². The van der Waals surface area contributed by atoms with Gasteiger partial charge in [-0.3, -0.25) is 9.59 Å². The summed E-state index contributed by atoms with van der Waals surface area (Å²) in [5.74, 6) is 0.812. The molecule has 1 aliphatic carbocycles. The Morgan fingerprint density at radius 1 is 1.07 bits per heavy atom. The van der Waals surface area contributed by atoms with Crippen molar-refractivity contribution in [2.75, 3.05) is 13.7 Å². The van der Waals surface area contributed by atoms with E-state index in [1.54, 1.807) is 7.11 Å². The zero-order chi connectivity index (χ0) is 21.7. The molecule has 0 aromatic heterocycles. The number of amides is 1. The fraction of sp³-hybridized carbons (Fsp3) is 0.364. The molecule has 2 N–H and O–H groups in total. The first-order chi connectivity index (χ1) is 14.3. The Morgan fingerprint density at radius 2 is 1.70 bits per heavy atom. The number of rotatable bonds is 10. The lowest BCUT2D eigenvalue weighted by Crippen LogP contribution is -2.33. The summed E-state index contributed by atoms with van der Waals surface area (Å²) >= 11 is 0. The fourth-order valence-corrected chi connectivity index (χ4v) is 4.24. The molecule has 30 heavy (non-hydrogen) atoms. The molecule has 0 heterocycles.